The molecular weight excluding hydrogens is 485 g/mol. The zero-order valence-electron chi connectivity index (χ0n) is 17.0. The largest absolute Gasteiger partial charge is 0.479 e. The lowest BCUT2D eigenvalue weighted by Gasteiger charge is -2.30. The number of aliphatic hydroxyl groups is 1. The van der Waals surface area contributed by atoms with Gasteiger partial charge in [-0.2, -0.15) is 21.3 Å². The van der Waals surface area contributed by atoms with Gasteiger partial charge >= 0.3 is 11.9 Å². The Balaban J connectivity index is 1.83. The Labute approximate surface area is 194 Å². The van der Waals surface area contributed by atoms with E-state index in [0.717, 1.165) is 18.0 Å². The van der Waals surface area contributed by atoms with E-state index in [1.807, 2.05) is 0 Å². The SMILES string of the molecule is CO[C@H](COC(Cc1ccsc1)(C(=O)O)C(=O)O)[C@@H](O)[C@H](F)n1cnc2c(N)nc(Cl)nc21. The van der Waals surface area contributed by atoms with Crippen molar-refractivity contribution in [3.05, 3.63) is 34.0 Å². The number of nitrogens with two attached hydrogens (primary N) is 1. The maximum absolute atomic E-state index is 15.2. The van der Waals surface area contributed by atoms with Crippen LogP contribution in [0.25, 0.3) is 11.2 Å². The normalized spacial score (nSPS) is 14.8. The second-order valence-electron chi connectivity index (χ2n) is 6.90. The van der Waals surface area contributed by atoms with E-state index >= 15 is 4.39 Å². The summed E-state index contributed by atoms with van der Waals surface area (Å²) < 4.78 is 26.4. The Kier molecular flexibility index (Phi) is 7.44. The molecule has 12 nitrogen and oxygen atoms in total. The summed E-state index contributed by atoms with van der Waals surface area (Å²) in [5.41, 5.74) is 3.37. The van der Waals surface area contributed by atoms with Crippen molar-refractivity contribution in [2.24, 2.45) is 0 Å². The molecule has 3 atom stereocenters. The summed E-state index contributed by atoms with van der Waals surface area (Å²) in [6, 6.07) is 1.55. The van der Waals surface area contributed by atoms with Crippen LogP contribution in [0.3, 0.4) is 0 Å². The van der Waals surface area contributed by atoms with Crippen LogP contribution in [-0.2, 0) is 25.5 Å². The molecule has 0 radical (unpaired) electrons. The topological polar surface area (TPSA) is 183 Å². The van der Waals surface area contributed by atoms with Crippen molar-refractivity contribution in [1.29, 1.82) is 0 Å². The number of ether oxygens (including phenoxy) is 2. The van der Waals surface area contributed by atoms with Crippen molar-refractivity contribution < 1.29 is 38.8 Å². The minimum absolute atomic E-state index is 0.0472. The van der Waals surface area contributed by atoms with E-state index in [1.165, 1.54) is 11.3 Å². The number of carbonyl (C=O) groups is 2. The number of halogens is 2. The number of aliphatic hydroxyl groups excluding tert-OH is 1. The second kappa shape index (κ2) is 9.93. The first-order valence-electron chi connectivity index (χ1n) is 9.23. The smallest absolute Gasteiger partial charge is 0.348 e. The number of hydrogen-bond acceptors (Lipinski definition) is 10. The first-order chi connectivity index (χ1) is 15.6. The highest BCUT2D eigenvalue weighted by atomic mass is 35.5. The van der Waals surface area contributed by atoms with Crippen molar-refractivity contribution in [1.82, 2.24) is 19.5 Å². The monoisotopic (exact) mass is 503 g/mol. The van der Waals surface area contributed by atoms with E-state index in [0.29, 0.717) is 5.56 Å². The first kappa shape index (κ1) is 24.7. The molecule has 0 saturated heterocycles. The van der Waals surface area contributed by atoms with Crippen molar-refractivity contribution >= 4 is 51.9 Å². The molecule has 0 amide bonds. The third-order valence-electron chi connectivity index (χ3n) is 4.87. The summed E-state index contributed by atoms with van der Waals surface area (Å²) in [6.07, 6.45) is -5.09. The fraction of sp³-hybridized carbons (Fsp3) is 0.389. The zero-order valence-corrected chi connectivity index (χ0v) is 18.5. The van der Waals surface area contributed by atoms with Crippen molar-refractivity contribution in [2.45, 2.75) is 30.5 Å². The number of thiophene rings is 1. The van der Waals surface area contributed by atoms with Crippen molar-refractivity contribution in [2.75, 3.05) is 19.5 Å². The third kappa shape index (κ3) is 4.89. The Hall–Kier alpha value is -2.91. The molecule has 15 heteroatoms. The number of hydrogen-bond donors (Lipinski definition) is 4. The van der Waals surface area contributed by atoms with Gasteiger partial charge in [-0.1, -0.05) is 0 Å². The molecule has 0 unspecified atom stereocenters. The fourth-order valence-corrected chi connectivity index (χ4v) is 3.90. The fourth-order valence-electron chi connectivity index (χ4n) is 3.06. The number of methoxy groups -OCH3 is 1. The molecule has 3 aromatic rings. The van der Waals surface area contributed by atoms with Gasteiger partial charge in [-0.3, -0.25) is 4.57 Å². The first-order valence-corrected chi connectivity index (χ1v) is 10.5. The number of fused-ring (bicyclic) bond motifs is 1. The molecule has 0 aliphatic rings. The van der Waals surface area contributed by atoms with Gasteiger partial charge < -0.3 is 30.5 Å². The molecule has 3 rings (SSSR count). The molecule has 3 heterocycles. The summed E-state index contributed by atoms with van der Waals surface area (Å²) in [6.45, 7) is -0.759. The summed E-state index contributed by atoms with van der Waals surface area (Å²) in [7, 11) is 1.12. The third-order valence-corrected chi connectivity index (χ3v) is 5.77. The summed E-state index contributed by atoms with van der Waals surface area (Å²) in [5.74, 6) is -3.62. The zero-order chi connectivity index (χ0) is 24.3. The molecule has 5 N–H and O–H groups in total. The number of carboxylic acid groups (broad SMARTS) is 2. The highest BCUT2D eigenvalue weighted by molar-refractivity contribution is 7.07. The van der Waals surface area contributed by atoms with Crippen LogP contribution >= 0.6 is 22.9 Å². The van der Waals surface area contributed by atoms with Crippen LogP contribution in [-0.4, -0.2) is 78.3 Å². The lowest BCUT2D eigenvalue weighted by molar-refractivity contribution is -0.192. The van der Waals surface area contributed by atoms with E-state index in [4.69, 9.17) is 26.8 Å². The van der Waals surface area contributed by atoms with Crippen LogP contribution in [0.15, 0.2) is 23.2 Å². The van der Waals surface area contributed by atoms with Gasteiger partial charge in [0, 0.05) is 13.5 Å². The van der Waals surface area contributed by atoms with E-state index < -0.39 is 49.1 Å². The summed E-state index contributed by atoms with van der Waals surface area (Å²) >= 11 is 7.01. The molecule has 3 aromatic heterocycles. The van der Waals surface area contributed by atoms with Crippen LogP contribution in [0.5, 0.6) is 0 Å². The van der Waals surface area contributed by atoms with Gasteiger partial charge in [0.2, 0.25) is 11.6 Å². The number of aromatic nitrogens is 4. The van der Waals surface area contributed by atoms with Gasteiger partial charge in [0.15, 0.2) is 11.5 Å². The average Bonchev–Trinajstić information content (AvgIpc) is 3.41. The van der Waals surface area contributed by atoms with Gasteiger partial charge in [0.05, 0.1) is 12.9 Å². The lowest BCUT2D eigenvalue weighted by atomic mass is 9.95. The van der Waals surface area contributed by atoms with E-state index in [-0.39, 0.29) is 22.3 Å². The predicted molar refractivity (Wildman–Crippen MR) is 114 cm³/mol. The standard InChI is InChI=1S/C18H19ClFN5O7S/c1-31-9(5-32-18(15(27)28,16(29)30)4-8-2-3-33-6-8)11(26)12(20)25-7-22-10-13(21)23-17(19)24-14(10)25/h2-3,6-7,9,11-12,26H,4-5H2,1H3,(H,27,28)(H,29,30)(H2,21,23,24)/t9-,11-,12-/m1/s1. The summed E-state index contributed by atoms with van der Waals surface area (Å²) in [4.78, 5) is 35.2. The number of nitrogens with zero attached hydrogens (tertiary/aromatic N) is 4. The average molecular weight is 504 g/mol. The molecule has 0 aliphatic carbocycles. The lowest BCUT2D eigenvalue weighted by Crippen LogP contribution is -2.53. The molecule has 33 heavy (non-hydrogen) atoms. The molecule has 178 valence electrons. The van der Waals surface area contributed by atoms with Crippen LogP contribution < -0.4 is 5.73 Å². The number of imidazole rings is 1. The number of nitrogen functional groups attached to an aromatic ring is 1. The second-order valence-corrected chi connectivity index (χ2v) is 8.01. The number of rotatable bonds is 11. The molecule has 0 aliphatic heterocycles. The Morgan fingerprint density at radius 3 is 2.64 bits per heavy atom. The minimum atomic E-state index is -2.68. The van der Waals surface area contributed by atoms with Gasteiger partial charge in [0.1, 0.15) is 17.7 Å². The Bertz CT molecular complexity index is 1130. The number of aliphatic carboxylic acids is 2. The number of anilines is 1. The van der Waals surface area contributed by atoms with Gasteiger partial charge in [-0.05, 0) is 34.0 Å². The predicted octanol–water partition coefficient (Wildman–Crippen LogP) is 1.13. The quantitative estimate of drug-likeness (QED) is 0.217. The molecule has 0 saturated carbocycles. The van der Waals surface area contributed by atoms with E-state index in [2.05, 4.69) is 15.0 Å². The van der Waals surface area contributed by atoms with Crippen LogP contribution in [0.2, 0.25) is 5.28 Å². The van der Waals surface area contributed by atoms with Crippen molar-refractivity contribution in [3.8, 4) is 0 Å². The Morgan fingerprint density at radius 1 is 1.36 bits per heavy atom. The van der Waals surface area contributed by atoms with E-state index in [9.17, 15) is 24.9 Å². The highest BCUT2D eigenvalue weighted by Gasteiger charge is 2.49. The maximum Gasteiger partial charge on any atom is 0.348 e. The van der Waals surface area contributed by atoms with Gasteiger partial charge in [0.25, 0.3) is 5.60 Å². The molecule has 0 spiro atoms. The maximum atomic E-state index is 15.2. The number of carboxylic acids is 2. The van der Waals surface area contributed by atoms with Gasteiger partial charge in [-0.25, -0.2) is 19.0 Å². The number of alkyl halides is 1. The molecule has 0 aromatic carbocycles. The highest BCUT2D eigenvalue weighted by Crippen LogP contribution is 2.27. The van der Waals surface area contributed by atoms with Crippen LogP contribution in [0, 0.1) is 0 Å². The van der Waals surface area contributed by atoms with E-state index in [1.54, 1.807) is 16.8 Å². The minimum Gasteiger partial charge on any atom is -0.479 e. The molecule has 0 bridgehead atoms. The molecule has 0 fully saturated rings. The Morgan fingerprint density at radius 2 is 2.06 bits per heavy atom. The molecular formula is C18H19ClFN5O7S. The summed E-state index contributed by atoms with van der Waals surface area (Å²) in [5, 5.41) is 32.7. The van der Waals surface area contributed by atoms with Gasteiger partial charge in [-0.15, -0.1) is 0 Å². The van der Waals surface area contributed by atoms with Crippen LogP contribution in [0.4, 0.5) is 10.2 Å². The van der Waals surface area contributed by atoms with Crippen molar-refractivity contribution in [3.63, 3.8) is 0 Å². The van der Waals surface area contributed by atoms with Crippen LogP contribution in [0.1, 0.15) is 11.9 Å².